The molecule has 6 nitrogen and oxygen atoms in total. The minimum Gasteiger partial charge on any atom is -0.370 e. The van der Waals surface area contributed by atoms with Crippen LogP contribution in [0.1, 0.15) is 29.5 Å². The number of halogens is 3. The van der Waals surface area contributed by atoms with Gasteiger partial charge < -0.3 is 4.90 Å². The third-order valence-electron chi connectivity index (χ3n) is 6.07. The summed E-state index contributed by atoms with van der Waals surface area (Å²) < 4.78 is 68.7. The highest BCUT2D eigenvalue weighted by molar-refractivity contribution is 7.92. The Bertz CT molecular complexity index is 1250. The van der Waals surface area contributed by atoms with E-state index in [-0.39, 0.29) is 23.0 Å². The molecule has 0 unspecified atom stereocenters. The van der Waals surface area contributed by atoms with Crippen LogP contribution in [0.15, 0.2) is 52.2 Å². The van der Waals surface area contributed by atoms with E-state index in [1.807, 2.05) is 18.0 Å². The van der Waals surface area contributed by atoms with Gasteiger partial charge in [0.15, 0.2) is 5.82 Å². The second-order valence-corrected chi connectivity index (χ2v) is 10.7. The maximum absolute atomic E-state index is 15.2. The number of anilines is 2. The van der Waals surface area contributed by atoms with Crippen LogP contribution >= 0.6 is 11.3 Å². The molecule has 2 heterocycles. The minimum atomic E-state index is -4.11. The Morgan fingerprint density at radius 3 is 2.79 bits per heavy atom. The van der Waals surface area contributed by atoms with E-state index in [0.29, 0.717) is 18.8 Å². The molecule has 1 fully saturated rings. The predicted molar refractivity (Wildman–Crippen MR) is 128 cm³/mol. The van der Waals surface area contributed by atoms with Crippen LogP contribution in [0, 0.1) is 12.7 Å². The number of nitrogens with zero attached hydrogens (tertiary/aromatic N) is 3. The highest BCUT2D eigenvalue weighted by atomic mass is 32.2. The number of hydrogen-bond acceptors (Lipinski definition) is 6. The molecule has 4 rings (SSSR count). The van der Waals surface area contributed by atoms with Gasteiger partial charge in [-0.05, 0) is 37.1 Å². The Labute approximate surface area is 201 Å². The average molecular weight is 511 g/mol. The molecule has 1 N–H and O–H groups in total. The van der Waals surface area contributed by atoms with E-state index in [4.69, 9.17) is 0 Å². The second kappa shape index (κ2) is 9.93. The number of benzene rings is 2. The van der Waals surface area contributed by atoms with Gasteiger partial charge in [-0.25, -0.2) is 26.6 Å². The summed E-state index contributed by atoms with van der Waals surface area (Å²) >= 11 is 1.23. The van der Waals surface area contributed by atoms with Gasteiger partial charge >= 0.3 is 0 Å². The minimum absolute atomic E-state index is 0.00998. The van der Waals surface area contributed by atoms with E-state index in [2.05, 4.69) is 14.6 Å². The molecule has 34 heavy (non-hydrogen) atoms. The quantitative estimate of drug-likeness (QED) is 0.460. The predicted octanol–water partition coefficient (Wildman–Crippen LogP) is 5.04. The number of thiazole rings is 1. The van der Waals surface area contributed by atoms with E-state index in [1.165, 1.54) is 40.4 Å². The van der Waals surface area contributed by atoms with Crippen molar-refractivity contribution in [3.05, 3.63) is 69.8 Å². The summed E-state index contributed by atoms with van der Waals surface area (Å²) in [6, 6.07) is 9.38. The van der Waals surface area contributed by atoms with Crippen molar-refractivity contribution in [1.29, 1.82) is 0 Å². The molecule has 0 saturated carbocycles. The van der Waals surface area contributed by atoms with Crippen molar-refractivity contribution >= 4 is 32.9 Å². The molecule has 2 aromatic carbocycles. The molecule has 1 aromatic heterocycles. The van der Waals surface area contributed by atoms with Crippen LogP contribution in [-0.2, 0) is 16.6 Å². The van der Waals surface area contributed by atoms with E-state index in [9.17, 15) is 17.2 Å². The molecule has 1 saturated heterocycles. The number of likely N-dealkylation sites (N-methyl/N-ethyl adjacent to an activating group) is 1. The highest BCUT2D eigenvalue weighted by Gasteiger charge is 2.29. The van der Waals surface area contributed by atoms with Crippen LogP contribution in [0.5, 0.6) is 0 Å². The van der Waals surface area contributed by atoms with Gasteiger partial charge in [0.25, 0.3) is 16.4 Å². The molecule has 11 heteroatoms. The lowest BCUT2D eigenvalue weighted by molar-refractivity contribution is 0.151. The lowest BCUT2D eigenvalue weighted by atomic mass is 10.1. The number of rotatable bonds is 8. The Balaban J connectivity index is 1.46. The molecular weight excluding hydrogens is 485 g/mol. The van der Waals surface area contributed by atoms with Crippen molar-refractivity contribution in [3.8, 4) is 0 Å². The van der Waals surface area contributed by atoms with E-state index in [1.54, 1.807) is 19.1 Å². The molecule has 1 atom stereocenters. The second-order valence-electron chi connectivity index (χ2n) is 8.34. The zero-order valence-electron chi connectivity index (χ0n) is 18.7. The third-order valence-corrected chi connectivity index (χ3v) is 8.03. The number of likely N-dealkylation sites (tertiary alicyclic amines) is 1. The number of sulfonamides is 1. The first-order chi connectivity index (χ1) is 16.2. The van der Waals surface area contributed by atoms with Gasteiger partial charge in [0, 0.05) is 54.9 Å². The van der Waals surface area contributed by atoms with Crippen molar-refractivity contribution in [2.24, 2.45) is 0 Å². The lowest BCUT2D eigenvalue weighted by Gasteiger charge is -2.29. The van der Waals surface area contributed by atoms with Gasteiger partial charge in [-0.3, -0.25) is 9.62 Å². The summed E-state index contributed by atoms with van der Waals surface area (Å²) in [5.41, 5.74) is 3.17. The van der Waals surface area contributed by atoms with E-state index < -0.39 is 27.2 Å². The van der Waals surface area contributed by atoms with Crippen molar-refractivity contribution in [2.75, 3.05) is 29.8 Å². The van der Waals surface area contributed by atoms with Gasteiger partial charge in [-0.2, -0.15) is 0 Å². The molecular formula is C23H25F3N4O2S2. The number of nitrogens with one attached hydrogen (secondary N) is 1. The molecule has 0 radical (unpaired) electrons. The van der Waals surface area contributed by atoms with Crippen molar-refractivity contribution in [2.45, 2.75) is 37.3 Å². The van der Waals surface area contributed by atoms with Gasteiger partial charge in [-0.1, -0.05) is 18.2 Å². The SMILES string of the molecule is Cc1c(N(C)[C@H]2CCN(Cc3cccc(C(F)F)c3)C2)ccc(S(=O)(=O)Nc2cscn2)c1F. The van der Waals surface area contributed by atoms with Crippen LogP contribution in [0.25, 0.3) is 0 Å². The fourth-order valence-electron chi connectivity index (χ4n) is 4.25. The first-order valence-electron chi connectivity index (χ1n) is 10.7. The van der Waals surface area contributed by atoms with Crippen LogP contribution in [0.4, 0.5) is 24.7 Å². The van der Waals surface area contributed by atoms with E-state index >= 15 is 4.39 Å². The Morgan fingerprint density at radius 2 is 2.09 bits per heavy atom. The van der Waals surface area contributed by atoms with Crippen molar-refractivity contribution in [3.63, 3.8) is 0 Å². The summed E-state index contributed by atoms with van der Waals surface area (Å²) in [5.74, 6) is -0.654. The van der Waals surface area contributed by atoms with Gasteiger partial charge in [0.2, 0.25) is 0 Å². The Hall–Kier alpha value is -2.63. The Morgan fingerprint density at radius 1 is 1.29 bits per heavy atom. The number of alkyl halides is 2. The highest BCUT2D eigenvalue weighted by Crippen LogP contribution is 2.31. The molecule has 0 amide bonds. The fraction of sp³-hybridized carbons (Fsp3) is 0.348. The lowest BCUT2D eigenvalue weighted by Crippen LogP contribution is -2.35. The normalized spacial score (nSPS) is 16.8. The summed E-state index contributed by atoms with van der Waals surface area (Å²) in [5, 5.41) is 1.53. The smallest absolute Gasteiger partial charge is 0.266 e. The van der Waals surface area contributed by atoms with Crippen LogP contribution < -0.4 is 9.62 Å². The molecule has 0 aliphatic carbocycles. The first kappa shape index (κ1) is 24.5. The average Bonchev–Trinajstić information content (AvgIpc) is 3.47. The molecule has 0 bridgehead atoms. The first-order valence-corrected chi connectivity index (χ1v) is 13.1. The zero-order valence-corrected chi connectivity index (χ0v) is 20.3. The summed E-state index contributed by atoms with van der Waals surface area (Å²) in [6.07, 6.45) is -1.68. The standard InChI is InChI=1S/C23H25F3N4O2S2/c1-15-19(6-7-20(22(15)24)34(31,32)28-21-13-33-14-27-21)29(2)18-8-9-30(12-18)11-16-4-3-5-17(10-16)23(25)26/h3-7,10,13-14,18,23,28H,8-9,11-12H2,1-2H3/t18-/m0/s1. The maximum Gasteiger partial charge on any atom is 0.266 e. The topological polar surface area (TPSA) is 65.5 Å². The van der Waals surface area contributed by atoms with Gasteiger partial charge in [0.1, 0.15) is 10.7 Å². The number of aromatic nitrogens is 1. The molecule has 3 aromatic rings. The molecule has 0 spiro atoms. The summed E-state index contributed by atoms with van der Waals surface area (Å²) in [7, 11) is -2.26. The monoisotopic (exact) mass is 510 g/mol. The Kier molecular flexibility index (Phi) is 7.15. The van der Waals surface area contributed by atoms with Gasteiger partial charge in [-0.15, -0.1) is 11.3 Å². The third kappa shape index (κ3) is 5.21. The van der Waals surface area contributed by atoms with Gasteiger partial charge in [0.05, 0.1) is 5.51 Å². The summed E-state index contributed by atoms with van der Waals surface area (Å²) in [4.78, 5) is 7.59. The van der Waals surface area contributed by atoms with Crippen molar-refractivity contribution < 1.29 is 21.6 Å². The van der Waals surface area contributed by atoms with Crippen LogP contribution in [-0.4, -0.2) is 44.5 Å². The largest absolute Gasteiger partial charge is 0.370 e. The molecule has 1 aliphatic heterocycles. The van der Waals surface area contributed by atoms with Crippen LogP contribution in [0.3, 0.4) is 0 Å². The zero-order chi connectivity index (χ0) is 24.5. The summed E-state index contributed by atoms with van der Waals surface area (Å²) in [6.45, 7) is 3.57. The number of hydrogen-bond donors (Lipinski definition) is 1. The molecule has 182 valence electrons. The van der Waals surface area contributed by atoms with E-state index in [0.717, 1.165) is 18.5 Å². The maximum atomic E-state index is 15.2. The fourth-order valence-corrected chi connectivity index (χ4v) is 5.94. The van der Waals surface area contributed by atoms with Crippen LogP contribution in [0.2, 0.25) is 0 Å². The van der Waals surface area contributed by atoms with Crippen molar-refractivity contribution in [1.82, 2.24) is 9.88 Å². The molecule has 1 aliphatic rings.